The van der Waals surface area contributed by atoms with Crippen molar-refractivity contribution in [1.29, 1.82) is 0 Å². The minimum atomic E-state index is 0.111. The van der Waals surface area contributed by atoms with Crippen molar-refractivity contribution in [2.45, 2.75) is 37.8 Å². The van der Waals surface area contributed by atoms with Crippen LogP contribution in [-0.2, 0) is 4.79 Å². The van der Waals surface area contributed by atoms with Gasteiger partial charge in [-0.05, 0) is 44.7 Å². The molecule has 0 fully saturated rings. The van der Waals surface area contributed by atoms with E-state index in [4.69, 9.17) is 4.74 Å². The molecule has 0 unspecified atom stereocenters. The Bertz CT molecular complexity index is 787. The van der Waals surface area contributed by atoms with Crippen molar-refractivity contribution in [2.75, 3.05) is 19.4 Å². The second-order valence-electron chi connectivity index (χ2n) is 6.02. The van der Waals surface area contributed by atoms with Gasteiger partial charge in [-0.2, -0.15) is 0 Å². The van der Waals surface area contributed by atoms with E-state index in [1.807, 2.05) is 40.7 Å². The number of thioether (sulfide) groups is 1. The number of carbonyl (C=O) groups excluding carboxylic acids is 1. The maximum atomic E-state index is 12.7. The van der Waals surface area contributed by atoms with Gasteiger partial charge in [-0.1, -0.05) is 30.0 Å². The molecule has 1 aliphatic carbocycles. The zero-order chi connectivity index (χ0) is 18.4. The Labute approximate surface area is 158 Å². The first-order valence-electron chi connectivity index (χ1n) is 8.90. The highest BCUT2D eigenvalue weighted by atomic mass is 32.2. The lowest BCUT2D eigenvalue weighted by Gasteiger charge is -2.26. The van der Waals surface area contributed by atoms with E-state index in [2.05, 4.69) is 16.3 Å². The van der Waals surface area contributed by atoms with Crippen molar-refractivity contribution in [3.05, 3.63) is 42.4 Å². The van der Waals surface area contributed by atoms with Gasteiger partial charge in [0.1, 0.15) is 12.1 Å². The van der Waals surface area contributed by atoms with Gasteiger partial charge < -0.3 is 9.64 Å². The van der Waals surface area contributed by atoms with Gasteiger partial charge in [0.2, 0.25) is 5.91 Å². The molecule has 1 aromatic carbocycles. The highest BCUT2D eigenvalue weighted by Crippen LogP contribution is 2.27. The summed E-state index contributed by atoms with van der Waals surface area (Å²) in [6.45, 7) is 2.72. The number of para-hydroxylation sites is 2. The van der Waals surface area contributed by atoms with Gasteiger partial charge in [-0.15, -0.1) is 10.2 Å². The van der Waals surface area contributed by atoms with Crippen LogP contribution in [0.3, 0.4) is 0 Å². The van der Waals surface area contributed by atoms with Crippen LogP contribution < -0.4 is 4.74 Å². The third-order valence-electron chi connectivity index (χ3n) is 4.42. The van der Waals surface area contributed by atoms with E-state index in [9.17, 15) is 4.79 Å². The highest BCUT2D eigenvalue weighted by molar-refractivity contribution is 7.99. The van der Waals surface area contributed by atoms with Crippen LogP contribution >= 0.6 is 11.8 Å². The molecule has 0 N–H and O–H groups in total. The molecule has 7 heteroatoms. The summed E-state index contributed by atoms with van der Waals surface area (Å²) in [4.78, 5) is 14.6. The van der Waals surface area contributed by atoms with Crippen molar-refractivity contribution in [2.24, 2.45) is 0 Å². The molecule has 0 bridgehead atoms. The van der Waals surface area contributed by atoms with E-state index in [-0.39, 0.29) is 5.91 Å². The lowest BCUT2D eigenvalue weighted by molar-refractivity contribution is -0.126. The van der Waals surface area contributed by atoms with Crippen LogP contribution in [0.1, 0.15) is 32.6 Å². The molecule has 0 saturated heterocycles. The third kappa shape index (κ3) is 4.09. The van der Waals surface area contributed by atoms with Gasteiger partial charge >= 0.3 is 0 Å². The van der Waals surface area contributed by atoms with Crippen molar-refractivity contribution in [3.8, 4) is 11.4 Å². The van der Waals surface area contributed by atoms with Crippen LogP contribution in [-0.4, -0.2) is 45.0 Å². The Morgan fingerprint density at radius 3 is 2.92 bits per heavy atom. The predicted molar refractivity (Wildman–Crippen MR) is 103 cm³/mol. The average Bonchev–Trinajstić information content (AvgIpc) is 3.16. The molecule has 1 aliphatic rings. The van der Waals surface area contributed by atoms with E-state index in [0.717, 1.165) is 36.4 Å². The predicted octanol–water partition coefficient (Wildman–Crippen LogP) is 3.67. The fourth-order valence-corrected chi connectivity index (χ4v) is 3.92. The van der Waals surface area contributed by atoms with E-state index in [1.54, 1.807) is 13.4 Å². The van der Waals surface area contributed by atoms with Gasteiger partial charge in [0.25, 0.3) is 0 Å². The summed E-state index contributed by atoms with van der Waals surface area (Å²) in [5.41, 5.74) is 2.02. The number of rotatable bonds is 7. The quantitative estimate of drug-likeness (QED) is 0.694. The molecule has 0 radical (unpaired) electrons. The Morgan fingerprint density at radius 2 is 2.19 bits per heavy atom. The molecule has 1 aromatic heterocycles. The molecule has 3 rings (SSSR count). The van der Waals surface area contributed by atoms with Gasteiger partial charge in [-0.25, -0.2) is 0 Å². The molecule has 6 nitrogen and oxygen atoms in total. The number of ether oxygens (including phenoxy) is 1. The first kappa shape index (κ1) is 18.5. The highest BCUT2D eigenvalue weighted by Gasteiger charge is 2.19. The largest absolute Gasteiger partial charge is 0.495 e. The SMILES string of the molecule is CCN(C(=O)CSc1nncn1-c1ccccc1OC)C1=CCCCC1. The average molecular weight is 372 g/mol. The second-order valence-corrected chi connectivity index (χ2v) is 6.97. The number of nitrogens with zero attached hydrogens (tertiary/aromatic N) is 4. The number of benzene rings is 1. The summed E-state index contributed by atoms with van der Waals surface area (Å²) in [5, 5.41) is 8.86. The number of carbonyl (C=O) groups is 1. The second kappa shape index (κ2) is 8.89. The number of hydrogen-bond donors (Lipinski definition) is 0. The number of allylic oxidation sites excluding steroid dienone is 2. The molecule has 2 aromatic rings. The number of hydrogen-bond acceptors (Lipinski definition) is 5. The summed E-state index contributed by atoms with van der Waals surface area (Å²) < 4.78 is 7.27. The Hall–Kier alpha value is -2.28. The third-order valence-corrected chi connectivity index (χ3v) is 5.34. The standard InChI is InChI=1S/C19H24N4O2S/c1-3-22(15-9-5-4-6-10-15)18(24)13-26-19-21-20-14-23(19)16-11-7-8-12-17(16)25-2/h7-9,11-12,14H,3-6,10,13H2,1-2H3. The van der Waals surface area contributed by atoms with Crippen LogP contribution in [0.25, 0.3) is 5.69 Å². The zero-order valence-corrected chi connectivity index (χ0v) is 16.0. The van der Waals surface area contributed by atoms with Crippen LogP contribution in [0.4, 0.5) is 0 Å². The Kier molecular flexibility index (Phi) is 6.33. The molecular formula is C19H24N4O2S. The molecular weight excluding hydrogens is 348 g/mol. The molecule has 138 valence electrons. The first-order valence-corrected chi connectivity index (χ1v) is 9.88. The number of aromatic nitrogens is 3. The van der Waals surface area contributed by atoms with Crippen molar-refractivity contribution in [3.63, 3.8) is 0 Å². The van der Waals surface area contributed by atoms with Gasteiger partial charge in [0.05, 0.1) is 18.6 Å². The smallest absolute Gasteiger partial charge is 0.237 e. The summed E-state index contributed by atoms with van der Waals surface area (Å²) >= 11 is 1.40. The monoisotopic (exact) mass is 372 g/mol. The summed E-state index contributed by atoms with van der Waals surface area (Å²) in [6.07, 6.45) is 8.27. The summed E-state index contributed by atoms with van der Waals surface area (Å²) in [6, 6.07) is 7.69. The molecule has 0 saturated carbocycles. The fraction of sp³-hybridized carbons (Fsp3) is 0.421. The van der Waals surface area contributed by atoms with Crippen LogP contribution in [0.5, 0.6) is 5.75 Å². The van der Waals surface area contributed by atoms with Gasteiger partial charge in [0, 0.05) is 12.2 Å². The molecule has 0 aliphatic heterocycles. The van der Waals surface area contributed by atoms with Crippen molar-refractivity contribution >= 4 is 17.7 Å². The minimum absolute atomic E-state index is 0.111. The molecule has 26 heavy (non-hydrogen) atoms. The lowest BCUT2D eigenvalue weighted by atomic mass is 10.0. The fourth-order valence-electron chi connectivity index (χ4n) is 3.13. The van der Waals surface area contributed by atoms with Crippen LogP contribution in [0.15, 0.2) is 47.5 Å². The van der Waals surface area contributed by atoms with E-state index in [1.165, 1.54) is 18.2 Å². The Morgan fingerprint density at radius 1 is 1.35 bits per heavy atom. The minimum Gasteiger partial charge on any atom is -0.495 e. The molecule has 0 atom stereocenters. The number of methoxy groups -OCH3 is 1. The maximum absolute atomic E-state index is 12.7. The van der Waals surface area contributed by atoms with Crippen molar-refractivity contribution in [1.82, 2.24) is 19.7 Å². The Balaban J connectivity index is 1.71. The summed E-state index contributed by atoms with van der Waals surface area (Å²) in [5.74, 6) is 1.18. The maximum Gasteiger partial charge on any atom is 0.237 e. The number of amides is 1. The molecule has 1 heterocycles. The van der Waals surface area contributed by atoms with Gasteiger partial charge in [-0.3, -0.25) is 9.36 Å². The summed E-state index contributed by atoms with van der Waals surface area (Å²) in [7, 11) is 1.64. The molecule has 1 amide bonds. The van der Waals surface area contributed by atoms with E-state index in [0.29, 0.717) is 17.5 Å². The van der Waals surface area contributed by atoms with Crippen LogP contribution in [0.2, 0.25) is 0 Å². The first-order chi connectivity index (χ1) is 12.7. The molecule has 0 spiro atoms. The van der Waals surface area contributed by atoms with E-state index >= 15 is 0 Å². The van der Waals surface area contributed by atoms with Crippen molar-refractivity contribution < 1.29 is 9.53 Å². The van der Waals surface area contributed by atoms with Crippen LogP contribution in [0, 0.1) is 0 Å². The van der Waals surface area contributed by atoms with E-state index < -0.39 is 0 Å². The normalized spacial score (nSPS) is 14.0. The van der Waals surface area contributed by atoms with Gasteiger partial charge in [0.15, 0.2) is 5.16 Å². The topological polar surface area (TPSA) is 60.2 Å². The lowest BCUT2D eigenvalue weighted by Crippen LogP contribution is -2.32. The zero-order valence-electron chi connectivity index (χ0n) is 15.2.